The van der Waals surface area contributed by atoms with Crippen LogP contribution in [0.3, 0.4) is 0 Å². The second kappa shape index (κ2) is 8.19. The fraction of sp³-hybridized carbons (Fsp3) is 0.667. The van der Waals surface area contributed by atoms with Gasteiger partial charge in [-0.25, -0.2) is 0 Å². The van der Waals surface area contributed by atoms with Crippen molar-refractivity contribution in [2.75, 3.05) is 6.54 Å². The minimum Gasteiger partial charge on any atom is -0.312 e. The van der Waals surface area contributed by atoms with Crippen LogP contribution in [-0.4, -0.2) is 12.1 Å². The maximum Gasteiger partial charge on any atom is 0.0207 e. The van der Waals surface area contributed by atoms with Crippen molar-refractivity contribution >= 4 is 15.9 Å². The van der Waals surface area contributed by atoms with Gasteiger partial charge in [-0.2, -0.15) is 0 Å². The molecule has 0 fully saturated rings. The Kier molecular flexibility index (Phi) is 7.25. The van der Waals surface area contributed by atoms with Gasteiger partial charge in [-0.3, -0.25) is 0 Å². The molecule has 0 heterocycles. The van der Waals surface area contributed by atoms with Gasteiger partial charge in [-0.05, 0) is 63.6 Å². The molecule has 0 aliphatic heterocycles. The molecular weight excluding hydrogens is 310 g/mol. The van der Waals surface area contributed by atoms with Crippen molar-refractivity contribution in [1.82, 2.24) is 5.32 Å². The van der Waals surface area contributed by atoms with Crippen LogP contribution in [0.1, 0.15) is 53.0 Å². The van der Waals surface area contributed by atoms with Crippen molar-refractivity contribution in [1.29, 1.82) is 0 Å². The van der Waals surface area contributed by atoms with Crippen LogP contribution in [0.5, 0.6) is 0 Å². The molecule has 0 amide bonds. The summed E-state index contributed by atoms with van der Waals surface area (Å²) in [5.41, 5.74) is 1.62. The second-order valence-electron chi connectivity index (χ2n) is 7.04. The molecule has 0 aliphatic rings. The average Bonchev–Trinajstić information content (AvgIpc) is 2.37. The fourth-order valence-electron chi connectivity index (χ4n) is 2.40. The zero-order chi connectivity index (χ0) is 15.2. The highest BCUT2D eigenvalue weighted by Crippen LogP contribution is 2.24. The molecule has 1 aromatic carbocycles. The molecule has 1 rings (SSSR count). The second-order valence-corrected chi connectivity index (χ2v) is 7.90. The standard InChI is InChI=1S/C18H30BrN/c1-6-14(2)11-15(13-20-18(3,4)5)12-16-9-7-8-10-17(16)19/h7-10,14-15,20H,6,11-13H2,1-5H3. The Balaban J connectivity index is 2.69. The predicted molar refractivity (Wildman–Crippen MR) is 93.2 cm³/mol. The normalized spacial score (nSPS) is 15.1. The van der Waals surface area contributed by atoms with E-state index in [0.29, 0.717) is 5.92 Å². The van der Waals surface area contributed by atoms with E-state index in [9.17, 15) is 0 Å². The van der Waals surface area contributed by atoms with Crippen LogP contribution in [0.25, 0.3) is 0 Å². The Morgan fingerprint density at radius 1 is 1.20 bits per heavy atom. The third-order valence-electron chi connectivity index (χ3n) is 3.82. The van der Waals surface area contributed by atoms with E-state index in [4.69, 9.17) is 0 Å². The monoisotopic (exact) mass is 339 g/mol. The summed E-state index contributed by atoms with van der Waals surface area (Å²) in [6, 6.07) is 8.61. The number of hydrogen-bond donors (Lipinski definition) is 1. The maximum atomic E-state index is 3.68. The van der Waals surface area contributed by atoms with Gasteiger partial charge >= 0.3 is 0 Å². The topological polar surface area (TPSA) is 12.0 Å². The maximum absolute atomic E-state index is 3.68. The highest BCUT2D eigenvalue weighted by Gasteiger charge is 2.17. The highest BCUT2D eigenvalue weighted by molar-refractivity contribution is 9.10. The van der Waals surface area contributed by atoms with E-state index in [2.05, 4.69) is 80.1 Å². The zero-order valence-corrected chi connectivity index (χ0v) is 15.3. The van der Waals surface area contributed by atoms with E-state index in [0.717, 1.165) is 18.9 Å². The Morgan fingerprint density at radius 2 is 1.85 bits per heavy atom. The van der Waals surface area contributed by atoms with Gasteiger partial charge in [0.25, 0.3) is 0 Å². The lowest BCUT2D eigenvalue weighted by atomic mass is 9.88. The van der Waals surface area contributed by atoms with Gasteiger partial charge in [-0.15, -0.1) is 0 Å². The van der Waals surface area contributed by atoms with E-state index in [-0.39, 0.29) is 5.54 Å². The number of nitrogens with one attached hydrogen (secondary N) is 1. The number of halogens is 1. The Labute approximate surface area is 133 Å². The van der Waals surface area contributed by atoms with E-state index in [1.54, 1.807) is 0 Å². The summed E-state index contributed by atoms with van der Waals surface area (Å²) < 4.78 is 1.24. The summed E-state index contributed by atoms with van der Waals surface area (Å²) in [6.07, 6.45) is 3.71. The third kappa shape index (κ3) is 6.90. The molecule has 20 heavy (non-hydrogen) atoms. The Morgan fingerprint density at radius 3 is 2.40 bits per heavy atom. The van der Waals surface area contributed by atoms with Gasteiger partial charge in [0.2, 0.25) is 0 Å². The van der Waals surface area contributed by atoms with Crippen molar-refractivity contribution in [3.05, 3.63) is 34.3 Å². The van der Waals surface area contributed by atoms with Crippen molar-refractivity contribution in [3.63, 3.8) is 0 Å². The van der Waals surface area contributed by atoms with Crippen LogP contribution < -0.4 is 5.32 Å². The highest BCUT2D eigenvalue weighted by atomic mass is 79.9. The lowest BCUT2D eigenvalue weighted by Gasteiger charge is -2.27. The van der Waals surface area contributed by atoms with E-state index >= 15 is 0 Å². The first-order valence-electron chi connectivity index (χ1n) is 7.80. The summed E-state index contributed by atoms with van der Waals surface area (Å²) in [5, 5.41) is 3.68. The molecule has 1 N–H and O–H groups in total. The summed E-state index contributed by atoms with van der Waals surface area (Å²) in [6.45, 7) is 12.5. The van der Waals surface area contributed by atoms with Crippen molar-refractivity contribution in [2.24, 2.45) is 11.8 Å². The first kappa shape index (κ1) is 17.7. The molecule has 0 saturated carbocycles. The number of rotatable bonds is 7. The summed E-state index contributed by atoms with van der Waals surface area (Å²) in [5.74, 6) is 1.49. The molecule has 1 nitrogen and oxygen atoms in total. The molecule has 0 radical (unpaired) electrons. The van der Waals surface area contributed by atoms with Crippen LogP contribution in [-0.2, 0) is 6.42 Å². The predicted octanol–water partition coefficient (Wildman–Crippen LogP) is 5.43. The lowest BCUT2D eigenvalue weighted by Crippen LogP contribution is -2.40. The summed E-state index contributed by atoms with van der Waals surface area (Å²) in [7, 11) is 0. The average molecular weight is 340 g/mol. The van der Waals surface area contributed by atoms with E-state index < -0.39 is 0 Å². The fourth-order valence-corrected chi connectivity index (χ4v) is 2.85. The third-order valence-corrected chi connectivity index (χ3v) is 4.59. The molecule has 114 valence electrons. The number of hydrogen-bond acceptors (Lipinski definition) is 1. The van der Waals surface area contributed by atoms with E-state index in [1.165, 1.54) is 22.9 Å². The molecule has 0 spiro atoms. The minimum absolute atomic E-state index is 0.196. The van der Waals surface area contributed by atoms with Crippen LogP contribution in [0.4, 0.5) is 0 Å². The molecule has 1 aromatic rings. The van der Waals surface area contributed by atoms with Crippen LogP contribution in [0.15, 0.2) is 28.7 Å². The van der Waals surface area contributed by atoms with Gasteiger partial charge in [0.15, 0.2) is 0 Å². The largest absolute Gasteiger partial charge is 0.312 e. The van der Waals surface area contributed by atoms with Crippen molar-refractivity contribution in [2.45, 2.75) is 59.4 Å². The van der Waals surface area contributed by atoms with Gasteiger partial charge in [0, 0.05) is 10.0 Å². The van der Waals surface area contributed by atoms with Gasteiger partial charge in [0.1, 0.15) is 0 Å². The zero-order valence-electron chi connectivity index (χ0n) is 13.7. The Bertz CT molecular complexity index is 395. The molecular formula is C18H30BrN. The van der Waals surface area contributed by atoms with Gasteiger partial charge in [-0.1, -0.05) is 54.4 Å². The van der Waals surface area contributed by atoms with Gasteiger partial charge in [0.05, 0.1) is 0 Å². The molecule has 2 heteroatoms. The molecule has 2 unspecified atom stereocenters. The number of benzene rings is 1. The van der Waals surface area contributed by atoms with Crippen LogP contribution in [0, 0.1) is 11.8 Å². The van der Waals surface area contributed by atoms with Crippen LogP contribution in [0.2, 0.25) is 0 Å². The lowest BCUT2D eigenvalue weighted by molar-refractivity contribution is 0.320. The smallest absolute Gasteiger partial charge is 0.0207 e. The molecule has 0 aliphatic carbocycles. The summed E-state index contributed by atoms with van der Waals surface area (Å²) in [4.78, 5) is 0. The SMILES string of the molecule is CCC(C)CC(CNC(C)(C)C)Cc1ccccc1Br. The molecule has 0 aromatic heterocycles. The molecule has 2 atom stereocenters. The van der Waals surface area contributed by atoms with Crippen molar-refractivity contribution < 1.29 is 0 Å². The van der Waals surface area contributed by atoms with Gasteiger partial charge < -0.3 is 5.32 Å². The molecule has 0 saturated heterocycles. The molecule has 0 bridgehead atoms. The first-order chi connectivity index (χ1) is 9.31. The quantitative estimate of drug-likeness (QED) is 0.698. The minimum atomic E-state index is 0.196. The van der Waals surface area contributed by atoms with Crippen LogP contribution >= 0.6 is 15.9 Å². The van der Waals surface area contributed by atoms with E-state index in [1.807, 2.05) is 0 Å². The Hall–Kier alpha value is -0.340. The summed E-state index contributed by atoms with van der Waals surface area (Å²) >= 11 is 3.68. The first-order valence-corrected chi connectivity index (χ1v) is 8.59. The van der Waals surface area contributed by atoms with Crippen molar-refractivity contribution in [3.8, 4) is 0 Å².